The molecule has 152 valence electrons. The van der Waals surface area contributed by atoms with E-state index >= 15 is 0 Å². The number of hydrogen-bond acceptors (Lipinski definition) is 4. The summed E-state index contributed by atoms with van der Waals surface area (Å²) >= 11 is 6.03. The van der Waals surface area contributed by atoms with Crippen LogP contribution in [-0.4, -0.2) is 30.9 Å². The van der Waals surface area contributed by atoms with Crippen LogP contribution in [0.15, 0.2) is 48.6 Å². The molecule has 0 saturated heterocycles. The van der Waals surface area contributed by atoms with E-state index in [1.54, 1.807) is 30.4 Å². The van der Waals surface area contributed by atoms with Crippen molar-refractivity contribution in [1.82, 2.24) is 10.6 Å². The monoisotopic (exact) mass is 415 g/mol. The van der Waals surface area contributed by atoms with Crippen molar-refractivity contribution in [3.63, 3.8) is 0 Å². The van der Waals surface area contributed by atoms with Crippen LogP contribution in [-0.2, 0) is 0 Å². The molecule has 8 nitrogen and oxygen atoms in total. The average Bonchev–Trinajstić information content (AvgIpc) is 2.64. The van der Waals surface area contributed by atoms with Crippen LogP contribution in [0.5, 0.6) is 0 Å². The van der Waals surface area contributed by atoms with Gasteiger partial charge in [0.05, 0.1) is 10.6 Å². The van der Waals surface area contributed by atoms with Crippen LogP contribution >= 0.6 is 11.6 Å². The van der Waals surface area contributed by atoms with Crippen LogP contribution in [0, 0.1) is 6.92 Å². The van der Waals surface area contributed by atoms with Gasteiger partial charge in [-0.1, -0.05) is 23.8 Å². The first-order valence-corrected chi connectivity index (χ1v) is 9.08. The van der Waals surface area contributed by atoms with Gasteiger partial charge in [0.15, 0.2) is 0 Å². The maximum absolute atomic E-state index is 12.2. The third kappa shape index (κ3) is 6.86. The zero-order valence-corrected chi connectivity index (χ0v) is 16.5. The van der Waals surface area contributed by atoms with Gasteiger partial charge in [-0.15, -0.1) is 0 Å². The van der Waals surface area contributed by atoms with Gasteiger partial charge in [-0.25, -0.2) is 4.79 Å². The highest BCUT2D eigenvalue weighted by Crippen LogP contribution is 2.20. The van der Waals surface area contributed by atoms with E-state index in [0.717, 1.165) is 5.56 Å². The lowest BCUT2D eigenvalue weighted by Crippen LogP contribution is -2.25. The number of carbonyl (C=O) groups excluding carboxylic acids is 3. The molecule has 0 atom stereocenters. The van der Waals surface area contributed by atoms with Crippen LogP contribution in [0.4, 0.5) is 16.2 Å². The molecule has 0 bridgehead atoms. The Morgan fingerprint density at radius 3 is 2.28 bits per heavy atom. The summed E-state index contributed by atoms with van der Waals surface area (Å²) in [6.07, 6.45) is 3.41. The number of halogens is 1. The second kappa shape index (κ2) is 10.1. The molecule has 0 saturated carbocycles. The summed E-state index contributed by atoms with van der Waals surface area (Å²) in [7, 11) is 0. The molecule has 4 amide bonds. The second-order valence-corrected chi connectivity index (χ2v) is 6.61. The highest BCUT2D eigenvalue weighted by molar-refractivity contribution is 6.34. The van der Waals surface area contributed by atoms with E-state index in [-0.39, 0.29) is 23.0 Å². The summed E-state index contributed by atoms with van der Waals surface area (Å²) < 4.78 is 0. The molecule has 2 aromatic rings. The highest BCUT2D eigenvalue weighted by atomic mass is 35.5. The summed E-state index contributed by atoms with van der Waals surface area (Å²) in [5, 5.41) is 8.03. The van der Waals surface area contributed by atoms with Crippen molar-refractivity contribution in [3.05, 3.63) is 70.3 Å². The number of nitrogen functional groups attached to an aromatic ring is 1. The van der Waals surface area contributed by atoms with Gasteiger partial charge >= 0.3 is 6.03 Å². The van der Waals surface area contributed by atoms with Crippen LogP contribution in [0.1, 0.15) is 26.3 Å². The molecule has 2 aromatic carbocycles. The minimum absolute atomic E-state index is 0.205. The molecule has 0 aliphatic heterocycles. The maximum atomic E-state index is 12.2. The molecule has 0 radical (unpaired) electrons. The van der Waals surface area contributed by atoms with Crippen LogP contribution in [0.3, 0.4) is 0 Å². The first-order valence-electron chi connectivity index (χ1n) is 8.71. The highest BCUT2D eigenvalue weighted by Gasteiger charge is 2.11. The lowest BCUT2D eigenvalue weighted by Gasteiger charge is -2.08. The molecule has 0 unspecified atom stereocenters. The Hall–Kier alpha value is -3.52. The molecule has 2 rings (SSSR count). The number of hydrogen-bond donors (Lipinski definition) is 5. The zero-order valence-electron chi connectivity index (χ0n) is 15.8. The van der Waals surface area contributed by atoms with E-state index in [1.165, 1.54) is 18.2 Å². The molecule has 9 heteroatoms. The van der Waals surface area contributed by atoms with Crippen molar-refractivity contribution < 1.29 is 14.4 Å². The van der Waals surface area contributed by atoms with E-state index in [9.17, 15) is 14.4 Å². The standard InChI is InChI=1S/C20H22ClN5O3/c1-12-8-13(10-14(22)9-12)18(27)24-6-2-3-7-25-19(28)16-11-15(26-20(23)29)4-5-17(16)21/h2-5,8-11H,6-7,22H2,1H3,(H,24,27)(H,25,28)(H3,23,26,29)/b3-2-. The predicted octanol–water partition coefficient (Wildman–Crippen LogP) is 2.44. The number of anilines is 2. The Kier molecular flexibility index (Phi) is 7.62. The first kappa shape index (κ1) is 21.8. The van der Waals surface area contributed by atoms with Gasteiger partial charge in [0.2, 0.25) is 0 Å². The van der Waals surface area contributed by atoms with Crippen molar-refractivity contribution in [3.8, 4) is 0 Å². The fraction of sp³-hybridized carbons (Fsp3) is 0.150. The molecule has 7 N–H and O–H groups in total. The van der Waals surface area contributed by atoms with Gasteiger partial charge < -0.3 is 27.4 Å². The predicted molar refractivity (Wildman–Crippen MR) is 114 cm³/mol. The Labute approximate surface area is 173 Å². The smallest absolute Gasteiger partial charge is 0.316 e. The molecule has 0 spiro atoms. The molecule has 0 fully saturated rings. The molecular weight excluding hydrogens is 394 g/mol. The van der Waals surface area contributed by atoms with E-state index in [1.807, 2.05) is 6.92 Å². The second-order valence-electron chi connectivity index (χ2n) is 6.21. The third-order valence-electron chi connectivity index (χ3n) is 3.77. The van der Waals surface area contributed by atoms with Crippen molar-refractivity contribution >= 4 is 40.8 Å². The van der Waals surface area contributed by atoms with E-state index in [2.05, 4.69) is 16.0 Å². The lowest BCUT2D eigenvalue weighted by molar-refractivity contribution is 0.0948. The molecule has 0 aliphatic carbocycles. The quantitative estimate of drug-likeness (QED) is 0.350. The summed E-state index contributed by atoms with van der Waals surface area (Å²) in [6, 6.07) is 8.86. The molecule has 0 aliphatic rings. The van der Waals surface area contributed by atoms with E-state index in [0.29, 0.717) is 23.5 Å². The number of urea groups is 1. The van der Waals surface area contributed by atoms with Crippen molar-refractivity contribution in [2.24, 2.45) is 5.73 Å². The number of amides is 4. The molecule has 29 heavy (non-hydrogen) atoms. The normalized spacial score (nSPS) is 10.6. The van der Waals surface area contributed by atoms with Gasteiger partial charge in [-0.3, -0.25) is 9.59 Å². The van der Waals surface area contributed by atoms with E-state index < -0.39 is 11.9 Å². The van der Waals surface area contributed by atoms with E-state index in [4.69, 9.17) is 23.1 Å². The number of benzene rings is 2. The molecule has 0 aromatic heterocycles. The van der Waals surface area contributed by atoms with Gasteiger partial charge in [0.1, 0.15) is 0 Å². The van der Waals surface area contributed by atoms with Crippen molar-refractivity contribution in [1.29, 1.82) is 0 Å². The van der Waals surface area contributed by atoms with Crippen LogP contribution in [0.2, 0.25) is 5.02 Å². The maximum Gasteiger partial charge on any atom is 0.316 e. The Morgan fingerprint density at radius 2 is 1.66 bits per heavy atom. The minimum Gasteiger partial charge on any atom is -0.399 e. The van der Waals surface area contributed by atoms with Gasteiger partial charge in [0, 0.05) is 30.0 Å². The number of rotatable bonds is 7. The van der Waals surface area contributed by atoms with Crippen LogP contribution < -0.4 is 27.4 Å². The topological polar surface area (TPSA) is 139 Å². The SMILES string of the molecule is Cc1cc(N)cc(C(=O)NC/C=C\CNC(=O)c2cc(NC(N)=O)ccc2Cl)c1. The first-order chi connectivity index (χ1) is 13.8. The third-order valence-corrected chi connectivity index (χ3v) is 4.10. The minimum atomic E-state index is -0.739. The number of nitrogens with one attached hydrogen (secondary N) is 3. The Bertz CT molecular complexity index is 939. The van der Waals surface area contributed by atoms with Gasteiger partial charge in [-0.2, -0.15) is 0 Å². The lowest BCUT2D eigenvalue weighted by atomic mass is 10.1. The number of nitrogens with two attached hydrogens (primary N) is 2. The number of carbonyl (C=O) groups is 3. The summed E-state index contributed by atoms with van der Waals surface area (Å²) in [5.74, 6) is -0.647. The Morgan fingerprint density at radius 1 is 1.00 bits per heavy atom. The average molecular weight is 416 g/mol. The van der Waals surface area contributed by atoms with Crippen molar-refractivity contribution in [2.75, 3.05) is 24.1 Å². The fourth-order valence-corrected chi connectivity index (χ4v) is 2.73. The van der Waals surface area contributed by atoms with Gasteiger partial charge in [0.25, 0.3) is 11.8 Å². The summed E-state index contributed by atoms with van der Waals surface area (Å²) in [6.45, 7) is 2.39. The molecular formula is C20H22ClN5O3. The largest absolute Gasteiger partial charge is 0.399 e. The number of aryl methyl sites for hydroxylation is 1. The van der Waals surface area contributed by atoms with Gasteiger partial charge in [-0.05, 0) is 48.9 Å². The van der Waals surface area contributed by atoms with Crippen LogP contribution in [0.25, 0.3) is 0 Å². The summed E-state index contributed by atoms with van der Waals surface area (Å²) in [5.41, 5.74) is 13.3. The fourth-order valence-electron chi connectivity index (χ4n) is 2.53. The zero-order chi connectivity index (χ0) is 21.4. The van der Waals surface area contributed by atoms with Crippen molar-refractivity contribution in [2.45, 2.75) is 6.92 Å². The molecule has 0 heterocycles. The summed E-state index contributed by atoms with van der Waals surface area (Å²) in [4.78, 5) is 35.2. The number of primary amides is 1. The Balaban J connectivity index is 1.82.